The number of nitrogens with one attached hydrogen (secondary N) is 2. The number of aromatic amines is 1. The van der Waals surface area contributed by atoms with Crippen LogP contribution in [0.3, 0.4) is 0 Å². The normalized spacial score (nSPS) is 25.8. The zero-order chi connectivity index (χ0) is 18.2. The van der Waals surface area contributed by atoms with Gasteiger partial charge in [-0.1, -0.05) is 0 Å². The maximum Gasteiger partial charge on any atom is 0.173 e. The van der Waals surface area contributed by atoms with E-state index in [1.165, 1.54) is 11.9 Å². The third-order valence-corrected chi connectivity index (χ3v) is 5.44. The predicted molar refractivity (Wildman–Crippen MR) is 106 cm³/mol. The Balaban J connectivity index is 1.70. The molecule has 1 aromatic heterocycles. The molecule has 1 saturated carbocycles. The molecule has 0 bridgehead atoms. The molecule has 1 aliphatic carbocycles. The number of aliphatic imine (C=N–C) groups is 2. The quantitative estimate of drug-likeness (QED) is 0.455. The Bertz CT molecular complexity index is 597. The molecule has 0 aromatic carbocycles. The van der Waals surface area contributed by atoms with Gasteiger partial charge in [0, 0.05) is 38.5 Å². The van der Waals surface area contributed by atoms with Crippen LogP contribution in [-0.4, -0.2) is 55.5 Å². The monoisotopic (exact) mass is 360 g/mol. The van der Waals surface area contributed by atoms with Crippen LogP contribution in [0.4, 0.5) is 0 Å². The molecule has 1 saturated heterocycles. The number of hydrogen-bond acceptors (Lipinski definition) is 4. The summed E-state index contributed by atoms with van der Waals surface area (Å²) in [6.07, 6.45) is 9.82. The first-order valence-corrected chi connectivity index (χ1v) is 9.82. The molecule has 2 heterocycles. The molecule has 2 fully saturated rings. The Morgan fingerprint density at radius 2 is 2.00 bits per heavy atom. The predicted octanol–water partition coefficient (Wildman–Crippen LogP) is 1.50. The summed E-state index contributed by atoms with van der Waals surface area (Å²) < 4.78 is 5.50. The lowest BCUT2D eigenvalue weighted by atomic mass is 9.90. The molecule has 7 nitrogen and oxygen atoms in total. The van der Waals surface area contributed by atoms with Crippen molar-refractivity contribution in [3.05, 3.63) is 23.5 Å². The molecule has 144 valence electrons. The molecule has 0 spiro atoms. The van der Waals surface area contributed by atoms with E-state index in [1.807, 2.05) is 6.20 Å². The molecular weight excluding hydrogens is 328 g/mol. The van der Waals surface area contributed by atoms with E-state index in [1.54, 1.807) is 0 Å². The summed E-state index contributed by atoms with van der Waals surface area (Å²) in [7, 11) is 0. The minimum absolute atomic E-state index is 0.301. The molecule has 2 aliphatic rings. The molecule has 1 aliphatic heterocycles. The molecule has 0 amide bonds. The van der Waals surface area contributed by atoms with Crippen LogP contribution in [0.15, 0.2) is 22.2 Å². The summed E-state index contributed by atoms with van der Waals surface area (Å²) in [6, 6.07) is 3.02. The standard InChI is InChI=1S/C19H32N6O/c20-8-10-22-15-1-3-16(4-2-15)25-19(24-13-21)18-17(5-9-23-18)14-6-11-26-12-7-14/h5,9,13-16,22-23H,1-4,6-8,10-12,20H2,(H2,21,24,25). The average molecular weight is 361 g/mol. The average Bonchev–Trinajstić information content (AvgIpc) is 3.17. The van der Waals surface area contributed by atoms with E-state index in [0.29, 0.717) is 24.5 Å². The molecule has 26 heavy (non-hydrogen) atoms. The minimum atomic E-state index is 0.301. The second kappa shape index (κ2) is 9.85. The second-order valence-corrected chi connectivity index (χ2v) is 7.17. The number of rotatable bonds is 6. The maximum absolute atomic E-state index is 5.62. The van der Waals surface area contributed by atoms with Gasteiger partial charge in [0.15, 0.2) is 5.84 Å². The Hall–Kier alpha value is -1.70. The Kier molecular flexibility index (Phi) is 7.22. The number of nitrogens with zero attached hydrogens (tertiary/aromatic N) is 2. The van der Waals surface area contributed by atoms with Crippen molar-refractivity contribution in [2.24, 2.45) is 21.5 Å². The van der Waals surface area contributed by atoms with Crippen LogP contribution in [0.1, 0.15) is 55.7 Å². The van der Waals surface area contributed by atoms with Crippen molar-refractivity contribution in [2.75, 3.05) is 26.3 Å². The van der Waals surface area contributed by atoms with Crippen LogP contribution in [0.25, 0.3) is 0 Å². The smallest absolute Gasteiger partial charge is 0.173 e. The van der Waals surface area contributed by atoms with Gasteiger partial charge in [-0.3, -0.25) is 4.99 Å². The van der Waals surface area contributed by atoms with Gasteiger partial charge in [0.2, 0.25) is 0 Å². The van der Waals surface area contributed by atoms with Crippen molar-refractivity contribution in [3.8, 4) is 0 Å². The van der Waals surface area contributed by atoms with Crippen molar-refractivity contribution in [2.45, 2.75) is 56.5 Å². The summed E-state index contributed by atoms with van der Waals surface area (Å²) in [5.74, 6) is 1.23. The molecule has 0 unspecified atom stereocenters. The highest BCUT2D eigenvalue weighted by Crippen LogP contribution is 2.30. The number of amidine groups is 1. The Labute approximate surface area is 155 Å². The van der Waals surface area contributed by atoms with Crippen molar-refractivity contribution < 1.29 is 4.74 Å². The number of H-pyrrole nitrogens is 1. The van der Waals surface area contributed by atoms with Gasteiger partial charge in [-0.05, 0) is 56.1 Å². The lowest BCUT2D eigenvalue weighted by Gasteiger charge is -2.27. The van der Waals surface area contributed by atoms with Crippen LogP contribution < -0.4 is 16.8 Å². The molecule has 6 N–H and O–H groups in total. The summed E-state index contributed by atoms with van der Waals surface area (Å²) in [4.78, 5) is 12.7. The van der Waals surface area contributed by atoms with Crippen molar-refractivity contribution in [3.63, 3.8) is 0 Å². The van der Waals surface area contributed by atoms with Gasteiger partial charge < -0.3 is 26.5 Å². The molecule has 0 atom stereocenters. The van der Waals surface area contributed by atoms with E-state index >= 15 is 0 Å². The van der Waals surface area contributed by atoms with Crippen LogP contribution in [0.2, 0.25) is 0 Å². The lowest BCUT2D eigenvalue weighted by Crippen LogP contribution is -2.37. The fraction of sp³-hybridized carbons (Fsp3) is 0.684. The van der Waals surface area contributed by atoms with Crippen LogP contribution in [0, 0.1) is 0 Å². The second-order valence-electron chi connectivity index (χ2n) is 7.17. The van der Waals surface area contributed by atoms with Gasteiger partial charge in [-0.25, -0.2) is 4.99 Å². The first-order chi connectivity index (χ1) is 12.8. The summed E-state index contributed by atoms with van der Waals surface area (Å²) in [5.41, 5.74) is 13.5. The third-order valence-electron chi connectivity index (χ3n) is 5.44. The first kappa shape index (κ1) is 19.1. The van der Waals surface area contributed by atoms with Gasteiger partial charge >= 0.3 is 0 Å². The molecule has 1 aromatic rings. The van der Waals surface area contributed by atoms with E-state index in [0.717, 1.165) is 69.8 Å². The minimum Gasteiger partial charge on any atom is -0.390 e. The van der Waals surface area contributed by atoms with Crippen molar-refractivity contribution >= 4 is 12.2 Å². The lowest BCUT2D eigenvalue weighted by molar-refractivity contribution is 0.0853. The maximum atomic E-state index is 5.62. The van der Waals surface area contributed by atoms with Gasteiger partial charge in [0.25, 0.3) is 0 Å². The Morgan fingerprint density at radius 3 is 2.69 bits per heavy atom. The summed E-state index contributed by atoms with van der Waals surface area (Å²) in [5, 5.41) is 3.51. The van der Waals surface area contributed by atoms with E-state index in [2.05, 4.69) is 21.4 Å². The summed E-state index contributed by atoms with van der Waals surface area (Å²) in [6.45, 7) is 3.22. The largest absolute Gasteiger partial charge is 0.390 e. The van der Waals surface area contributed by atoms with Crippen LogP contribution in [0.5, 0.6) is 0 Å². The zero-order valence-electron chi connectivity index (χ0n) is 15.5. The van der Waals surface area contributed by atoms with E-state index in [4.69, 9.17) is 21.2 Å². The topological polar surface area (TPSA) is 114 Å². The number of aromatic nitrogens is 1. The highest BCUT2D eigenvalue weighted by Gasteiger charge is 2.24. The van der Waals surface area contributed by atoms with E-state index in [-0.39, 0.29) is 0 Å². The first-order valence-electron chi connectivity index (χ1n) is 9.82. The van der Waals surface area contributed by atoms with Gasteiger partial charge in [0.05, 0.1) is 18.1 Å². The van der Waals surface area contributed by atoms with E-state index < -0.39 is 0 Å². The van der Waals surface area contributed by atoms with Gasteiger partial charge in [0.1, 0.15) is 0 Å². The zero-order valence-corrected chi connectivity index (χ0v) is 15.5. The SMILES string of the molecule is NC=NC(=NC1CCC(NCCN)CC1)c1[nH]ccc1C1CCOCC1. The van der Waals surface area contributed by atoms with Crippen LogP contribution in [-0.2, 0) is 4.74 Å². The molecule has 3 rings (SSSR count). The fourth-order valence-corrected chi connectivity index (χ4v) is 4.03. The highest BCUT2D eigenvalue weighted by molar-refractivity contribution is 6.02. The number of ether oxygens (including phenoxy) is 1. The fourth-order valence-electron chi connectivity index (χ4n) is 4.03. The van der Waals surface area contributed by atoms with Crippen LogP contribution >= 0.6 is 0 Å². The third kappa shape index (κ3) is 4.93. The highest BCUT2D eigenvalue weighted by atomic mass is 16.5. The van der Waals surface area contributed by atoms with Crippen molar-refractivity contribution in [1.82, 2.24) is 10.3 Å². The number of nitrogens with two attached hydrogens (primary N) is 2. The Morgan fingerprint density at radius 1 is 1.23 bits per heavy atom. The molecule has 0 radical (unpaired) electrons. The molecular formula is C19H32N6O. The van der Waals surface area contributed by atoms with Gasteiger partial charge in [-0.15, -0.1) is 0 Å². The van der Waals surface area contributed by atoms with Crippen molar-refractivity contribution in [1.29, 1.82) is 0 Å². The summed E-state index contributed by atoms with van der Waals surface area (Å²) >= 11 is 0. The molecule has 7 heteroatoms. The van der Waals surface area contributed by atoms with Gasteiger partial charge in [-0.2, -0.15) is 0 Å². The number of hydrogen-bond donors (Lipinski definition) is 4. The van der Waals surface area contributed by atoms with E-state index in [9.17, 15) is 0 Å².